The summed E-state index contributed by atoms with van der Waals surface area (Å²) in [7, 11) is 0. The minimum Gasteiger partial charge on any atom is -0.456 e. The van der Waals surface area contributed by atoms with Crippen molar-refractivity contribution in [1.29, 1.82) is 0 Å². The minimum absolute atomic E-state index is 0.858. The Balaban J connectivity index is 0.940. The number of aryl methyl sites for hydroxylation is 1. The van der Waals surface area contributed by atoms with Gasteiger partial charge in [-0.1, -0.05) is 170 Å². The van der Waals surface area contributed by atoms with Crippen LogP contribution < -0.4 is 9.80 Å². The predicted molar refractivity (Wildman–Crippen MR) is 350 cm³/mol. The van der Waals surface area contributed by atoms with Crippen molar-refractivity contribution in [1.82, 2.24) is 8.80 Å². The first-order chi connectivity index (χ1) is 41.7. The number of benzene rings is 12. The maximum Gasteiger partial charge on any atom is 0.137 e. The second-order valence-electron chi connectivity index (χ2n) is 22.5. The number of rotatable bonds is 8. The van der Waals surface area contributed by atoms with Crippen LogP contribution in [0.25, 0.3) is 137 Å². The van der Waals surface area contributed by atoms with Gasteiger partial charge in [0.1, 0.15) is 22.5 Å². The van der Waals surface area contributed by atoms with Gasteiger partial charge in [0.05, 0.1) is 44.5 Å². The number of nitrogens with zero attached hydrogens (tertiary/aromatic N) is 4. The van der Waals surface area contributed by atoms with E-state index in [-0.39, 0.29) is 0 Å². The van der Waals surface area contributed by atoms with Crippen molar-refractivity contribution in [3.8, 4) is 22.3 Å². The third kappa shape index (κ3) is 6.18. The summed E-state index contributed by atoms with van der Waals surface area (Å²) in [4.78, 5) is 4.84. The first-order valence-corrected chi connectivity index (χ1v) is 29.1. The van der Waals surface area contributed by atoms with Gasteiger partial charge in [-0.2, -0.15) is 0 Å². The zero-order chi connectivity index (χ0) is 54.7. The van der Waals surface area contributed by atoms with Gasteiger partial charge in [0.2, 0.25) is 0 Å². The molecule has 6 aromatic heterocycles. The van der Waals surface area contributed by atoms with Gasteiger partial charge >= 0.3 is 0 Å². The quantitative estimate of drug-likeness (QED) is 0.152. The molecule has 0 atom stereocenters. The molecular weight excluding hydrogens is 1020 g/mol. The van der Waals surface area contributed by atoms with E-state index in [0.717, 1.165) is 91.3 Å². The van der Waals surface area contributed by atoms with E-state index < -0.39 is 0 Å². The molecule has 12 aromatic carbocycles. The largest absolute Gasteiger partial charge is 0.456 e. The number of anilines is 6. The van der Waals surface area contributed by atoms with E-state index in [2.05, 4.69) is 279 Å². The van der Waals surface area contributed by atoms with Gasteiger partial charge in [0.25, 0.3) is 0 Å². The SMILES string of the molecule is C1=Cc2oc3cc(N(c4ccccc4)c4cccc5c4c4cccc6c7c(-c8ccccc8)c8c(c(-c9ccccc9)c7n5c46)c4cccc5c6c(N(c7ccccc7)c7ccc9c(c7)oc7ccccc79)cccc6n8c54)ccc3c2CC1. The molecule has 0 N–H and O–H groups in total. The van der Waals surface area contributed by atoms with Crippen molar-refractivity contribution in [3.63, 3.8) is 0 Å². The molecule has 0 fully saturated rings. The Morgan fingerprint density at radius 2 is 0.762 bits per heavy atom. The zero-order valence-corrected chi connectivity index (χ0v) is 45.4. The maximum atomic E-state index is 6.63. The number of hydrogen-bond acceptors (Lipinski definition) is 4. The standard InChI is InChI=1S/C78H48N4O2/c1-5-21-47(22-6-1)69-73-59-33-17-31-57-72-62(80(50-27-11-4-12-28-50)52-42-44-56-54-30-14-16-40-66(54)84-68(56)46-52)36-20-38-64(72)82(75(57)59)78(73)70(48-23-7-2-8-24-48)74-60-34-18-32-58-71-61(35-19-37-63(71)81(76(58)60)77(69)74)79(49-25-9-3-10-26-49)51-41-43-55-53-29-13-15-39-65(53)83-67(55)45-51/h1-13,15-29,31-46H,14,30H2. The Morgan fingerprint density at radius 3 is 1.31 bits per heavy atom. The van der Waals surface area contributed by atoms with Crippen molar-refractivity contribution in [2.75, 3.05) is 9.80 Å². The van der Waals surface area contributed by atoms with Crippen LogP contribution in [-0.2, 0) is 6.42 Å². The van der Waals surface area contributed by atoms with E-state index in [4.69, 9.17) is 8.83 Å². The van der Waals surface area contributed by atoms with Gasteiger partial charge in [0.15, 0.2) is 0 Å². The summed E-state index contributed by atoms with van der Waals surface area (Å²) in [6.07, 6.45) is 6.37. The van der Waals surface area contributed by atoms with E-state index >= 15 is 0 Å². The summed E-state index contributed by atoms with van der Waals surface area (Å²) in [5.41, 5.74) is 22.2. The lowest BCUT2D eigenvalue weighted by Gasteiger charge is -2.26. The third-order valence-electron chi connectivity index (χ3n) is 18.2. The van der Waals surface area contributed by atoms with Crippen LogP contribution in [0, 0.1) is 0 Å². The molecule has 0 saturated heterocycles. The molecule has 0 amide bonds. The third-order valence-corrected chi connectivity index (χ3v) is 18.2. The average Bonchev–Trinajstić information content (AvgIpc) is 1.60. The van der Waals surface area contributed by atoms with Gasteiger partial charge in [-0.25, -0.2) is 0 Å². The van der Waals surface area contributed by atoms with Crippen LogP contribution in [0.4, 0.5) is 34.1 Å². The Morgan fingerprint density at radius 1 is 0.321 bits per heavy atom. The van der Waals surface area contributed by atoms with Crippen molar-refractivity contribution in [2.24, 2.45) is 0 Å². The molecule has 6 heterocycles. The fraction of sp³-hybridized carbons (Fsp3) is 0.0256. The van der Waals surface area contributed by atoms with Gasteiger partial charge in [0, 0.05) is 111 Å². The van der Waals surface area contributed by atoms with Gasteiger partial charge < -0.3 is 27.4 Å². The highest BCUT2D eigenvalue weighted by Crippen LogP contribution is 2.56. The molecule has 0 aliphatic heterocycles. The Bertz CT molecular complexity index is 5730. The lowest BCUT2D eigenvalue weighted by molar-refractivity contribution is 0.595. The minimum atomic E-state index is 0.858. The summed E-state index contributed by atoms with van der Waals surface area (Å²) in [6, 6.07) is 93.4. The van der Waals surface area contributed by atoms with E-state index in [1.54, 1.807) is 0 Å². The number of fused-ring (bicyclic) bond motifs is 18. The van der Waals surface area contributed by atoms with E-state index in [1.165, 1.54) is 98.4 Å². The molecule has 0 unspecified atom stereocenters. The zero-order valence-electron chi connectivity index (χ0n) is 45.4. The monoisotopic (exact) mass is 1070 g/mol. The average molecular weight is 1070 g/mol. The van der Waals surface area contributed by atoms with Gasteiger partial charge in [-0.3, -0.25) is 0 Å². The number of hydrogen-bond donors (Lipinski definition) is 0. The first kappa shape index (κ1) is 45.6. The Labute approximate surface area is 481 Å². The molecule has 6 nitrogen and oxygen atoms in total. The molecule has 6 heteroatoms. The molecule has 0 radical (unpaired) electrons. The highest BCUT2D eigenvalue weighted by molar-refractivity contribution is 6.39. The predicted octanol–water partition coefficient (Wildman–Crippen LogP) is 21.9. The highest BCUT2D eigenvalue weighted by Gasteiger charge is 2.33. The number of aromatic nitrogens is 2. The van der Waals surface area contributed by atoms with Crippen molar-refractivity contribution >= 4 is 149 Å². The summed E-state index contributed by atoms with van der Waals surface area (Å²) >= 11 is 0. The molecule has 392 valence electrons. The summed E-state index contributed by atoms with van der Waals surface area (Å²) < 4.78 is 18.4. The van der Waals surface area contributed by atoms with Gasteiger partial charge in [-0.05, 0) is 109 Å². The van der Waals surface area contributed by atoms with Crippen molar-refractivity contribution in [3.05, 3.63) is 272 Å². The van der Waals surface area contributed by atoms with E-state index in [9.17, 15) is 0 Å². The number of allylic oxidation sites excluding steroid dienone is 1. The fourth-order valence-corrected chi connectivity index (χ4v) is 14.9. The molecule has 84 heavy (non-hydrogen) atoms. The summed E-state index contributed by atoms with van der Waals surface area (Å²) in [5, 5.41) is 13.1. The molecule has 1 aliphatic rings. The maximum absolute atomic E-state index is 6.63. The Hall–Kier alpha value is -11.1. The normalized spacial score (nSPS) is 12.9. The topological polar surface area (TPSA) is 41.6 Å². The lowest BCUT2D eigenvalue weighted by Crippen LogP contribution is -2.10. The molecular formula is C78H48N4O2. The van der Waals surface area contributed by atoms with Crippen molar-refractivity contribution < 1.29 is 8.83 Å². The van der Waals surface area contributed by atoms with Crippen LogP contribution in [0.5, 0.6) is 0 Å². The second-order valence-corrected chi connectivity index (χ2v) is 22.5. The van der Waals surface area contributed by atoms with Crippen LogP contribution >= 0.6 is 0 Å². The van der Waals surface area contributed by atoms with Crippen molar-refractivity contribution in [2.45, 2.75) is 12.8 Å². The Kier molecular flexibility index (Phi) is 9.36. The molecule has 0 spiro atoms. The van der Waals surface area contributed by atoms with Gasteiger partial charge in [-0.15, -0.1) is 0 Å². The van der Waals surface area contributed by atoms with Crippen LogP contribution in [-0.4, -0.2) is 8.80 Å². The molecule has 0 bridgehead atoms. The van der Waals surface area contributed by atoms with Crippen LogP contribution in [0.1, 0.15) is 17.7 Å². The van der Waals surface area contributed by atoms with E-state index in [0.29, 0.717) is 0 Å². The summed E-state index contributed by atoms with van der Waals surface area (Å²) in [6.45, 7) is 0. The molecule has 18 aromatic rings. The smallest absolute Gasteiger partial charge is 0.137 e. The van der Waals surface area contributed by atoms with Crippen LogP contribution in [0.15, 0.2) is 270 Å². The molecule has 0 saturated carbocycles. The highest BCUT2D eigenvalue weighted by atomic mass is 16.3. The number of furan rings is 2. The molecule has 1 aliphatic carbocycles. The van der Waals surface area contributed by atoms with E-state index in [1.807, 2.05) is 6.07 Å². The second kappa shape index (κ2) is 17.2. The first-order valence-electron chi connectivity index (χ1n) is 29.1. The summed E-state index contributed by atoms with van der Waals surface area (Å²) in [5.74, 6) is 0.971. The molecule has 19 rings (SSSR count). The number of para-hydroxylation sites is 5. The van der Waals surface area contributed by atoms with Crippen LogP contribution in [0.3, 0.4) is 0 Å². The lowest BCUT2D eigenvalue weighted by atomic mass is 9.89. The van der Waals surface area contributed by atoms with Crippen LogP contribution in [0.2, 0.25) is 0 Å². The fourth-order valence-electron chi connectivity index (χ4n) is 14.9.